The van der Waals surface area contributed by atoms with Crippen molar-refractivity contribution in [3.63, 3.8) is 0 Å². The molecule has 21 heavy (non-hydrogen) atoms. The zero-order chi connectivity index (χ0) is 14.2. The largest absolute Gasteiger partial charge is 0.474 e. The van der Waals surface area contributed by atoms with Crippen LogP contribution in [0, 0.1) is 6.92 Å². The molecule has 0 radical (unpaired) electrons. The molecule has 1 aliphatic carbocycles. The molecule has 0 bridgehead atoms. The molecule has 3 nitrogen and oxygen atoms in total. The minimum absolute atomic E-state index is 0.00421. The quantitative estimate of drug-likeness (QED) is 0.778. The van der Waals surface area contributed by atoms with Crippen molar-refractivity contribution >= 4 is 6.40 Å². The first-order chi connectivity index (χ1) is 10.3. The Morgan fingerprint density at radius 1 is 1.19 bits per heavy atom. The Bertz CT molecular complexity index is 680. The molecule has 0 amide bonds. The first-order valence-electron chi connectivity index (χ1n) is 7.31. The van der Waals surface area contributed by atoms with Crippen LogP contribution < -0.4 is 0 Å². The van der Waals surface area contributed by atoms with E-state index in [0.29, 0.717) is 5.92 Å². The Labute approximate surface area is 124 Å². The van der Waals surface area contributed by atoms with Gasteiger partial charge < -0.3 is 9.47 Å². The second-order valence-electron chi connectivity index (χ2n) is 5.74. The van der Waals surface area contributed by atoms with Crippen LogP contribution >= 0.6 is 0 Å². The highest BCUT2D eigenvalue weighted by molar-refractivity contribution is 5.56. The highest BCUT2D eigenvalue weighted by Gasteiger charge is 2.38. The number of aliphatic imine (C=N–C) groups is 1. The lowest BCUT2D eigenvalue weighted by Gasteiger charge is -2.37. The van der Waals surface area contributed by atoms with E-state index in [1.807, 2.05) is 6.20 Å². The summed E-state index contributed by atoms with van der Waals surface area (Å²) in [6.07, 6.45) is 9.17. The van der Waals surface area contributed by atoms with Gasteiger partial charge in [0, 0.05) is 12.1 Å². The van der Waals surface area contributed by atoms with Gasteiger partial charge in [-0.2, -0.15) is 0 Å². The minimum Gasteiger partial charge on any atom is -0.474 e. The molecule has 2 heterocycles. The fourth-order valence-electron chi connectivity index (χ4n) is 3.27. The highest BCUT2D eigenvalue weighted by Crippen LogP contribution is 2.44. The van der Waals surface area contributed by atoms with Crippen LogP contribution in [-0.2, 0) is 9.47 Å². The Hall–Kier alpha value is -2.29. The van der Waals surface area contributed by atoms with Gasteiger partial charge in [0.25, 0.3) is 0 Å². The highest BCUT2D eigenvalue weighted by atomic mass is 16.5. The molecule has 106 valence electrons. The molecule has 0 fully saturated rings. The number of rotatable bonds is 1. The fourth-order valence-corrected chi connectivity index (χ4v) is 3.27. The first kappa shape index (κ1) is 12.5. The van der Waals surface area contributed by atoms with E-state index in [1.54, 1.807) is 12.7 Å². The van der Waals surface area contributed by atoms with Crippen molar-refractivity contribution in [2.24, 2.45) is 4.99 Å². The van der Waals surface area contributed by atoms with E-state index in [9.17, 15) is 0 Å². The van der Waals surface area contributed by atoms with Crippen molar-refractivity contribution in [3.8, 4) is 0 Å². The number of hydrogen-bond acceptors (Lipinski definition) is 3. The predicted molar refractivity (Wildman–Crippen MR) is 81.9 cm³/mol. The van der Waals surface area contributed by atoms with Gasteiger partial charge in [-0.15, -0.1) is 0 Å². The van der Waals surface area contributed by atoms with E-state index in [1.165, 1.54) is 16.7 Å². The summed E-state index contributed by atoms with van der Waals surface area (Å²) in [6.45, 7) is 2.11. The lowest BCUT2D eigenvalue weighted by molar-refractivity contribution is 0.172. The van der Waals surface area contributed by atoms with E-state index < -0.39 is 0 Å². The van der Waals surface area contributed by atoms with Crippen molar-refractivity contribution in [2.45, 2.75) is 31.8 Å². The zero-order valence-corrected chi connectivity index (χ0v) is 12.0. The summed E-state index contributed by atoms with van der Waals surface area (Å²) in [7, 11) is 0. The number of aryl methyl sites for hydroxylation is 1. The van der Waals surface area contributed by atoms with Crippen LogP contribution in [0.1, 0.15) is 29.9 Å². The van der Waals surface area contributed by atoms with E-state index in [-0.39, 0.29) is 6.10 Å². The Morgan fingerprint density at radius 2 is 2.05 bits per heavy atom. The lowest BCUT2D eigenvalue weighted by atomic mass is 9.76. The minimum atomic E-state index is -0.00421. The zero-order valence-electron chi connectivity index (χ0n) is 12.0. The molecule has 3 aliphatic rings. The summed E-state index contributed by atoms with van der Waals surface area (Å²) >= 11 is 0. The van der Waals surface area contributed by atoms with Crippen LogP contribution in [0.5, 0.6) is 0 Å². The van der Waals surface area contributed by atoms with Gasteiger partial charge >= 0.3 is 0 Å². The van der Waals surface area contributed by atoms with Gasteiger partial charge in [-0.05, 0) is 37.0 Å². The van der Waals surface area contributed by atoms with E-state index in [2.05, 4.69) is 42.3 Å². The van der Waals surface area contributed by atoms with Crippen molar-refractivity contribution < 1.29 is 9.47 Å². The van der Waals surface area contributed by atoms with Crippen LogP contribution in [0.4, 0.5) is 0 Å². The molecular weight excluding hydrogens is 262 g/mol. The molecular formula is C18H17NO2. The average molecular weight is 279 g/mol. The third kappa shape index (κ3) is 2.09. The summed E-state index contributed by atoms with van der Waals surface area (Å²) in [4.78, 5) is 4.15. The smallest absolute Gasteiger partial charge is 0.174 e. The first-order valence-corrected chi connectivity index (χ1v) is 7.31. The summed E-state index contributed by atoms with van der Waals surface area (Å²) in [5.41, 5.74) is 4.99. The van der Waals surface area contributed by atoms with Crippen molar-refractivity contribution in [3.05, 3.63) is 70.8 Å². The molecule has 2 aliphatic heterocycles. The maximum atomic E-state index is 5.83. The number of benzene rings is 1. The molecule has 0 aromatic heterocycles. The third-order valence-electron chi connectivity index (χ3n) is 4.36. The molecule has 1 aromatic rings. The molecule has 1 aromatic carbocycles. The molecule has 0 saturated heterocycles. The Kier molecular flexibility index (Phi) is 2.92. The standard InChI is InChI=1S/C18H17NO2/c1-12-4-6-13(7-5-12)15-9-14-3-2-8-20-17(14)16-10-19-11-21-18(15)16/h2,4-8,10-11,15,18H,3,9H2,1H3. The SMILES string of the molecule is Cc1ccc(C2CC3=C(OC=CC3)C3=CN=COC32)cc1. The lowest BCUT2D eigenvalue weighted by Crippen LogP contribution is -2.32. The molecule has 4 rings (SSSR count). The topological polar surface area (TPSA) is 30.8 Å². The third-order valence-corrected chi connectivity index (χ3v) is 4.36. The van der Waals surface area contributed by atoms with E-state index >= 15 is 0 Å². The van der Waals surface area contributed by atoms with Crippen molar-refractivity contribution in [2.75, 3.05) is 0 Å². The van der Waals surface area contributed by atoms with Gasteiger partial charge in [-0.3, -0.25) is 0 Å². The van der Waals surface area contributed by atoms with Gasteiger partial charge in [-0.1, -0.05) is 29.8 Å². The summed E-state index contributed by atoms with van der Waals surface area (Å²) < 4.78 is 11.6. The van der Waals surface area contributed by atoms with Crippen LogP contribution in [-0.4, -0.2) is 12.5 Å². The van der Waals surface area contributed by atoms with Gasteiger partial charge in [0.15, 0.2) is 6.40 Å². The number of ether oxygens (including phenoxy) is 2. The van der Waals surface area contributed by atoms with E-state index in [0.717, 1.165) is 24.2 Å². The molecule has 0 spiro atoms. The number of nitrogens with zero attached hydrogens (tertiary/aromatic N) is 1. The monoisotopic (exact) mass is 279 g/mol. The van der Waals surface area contributed by atoms with Crippen LogP contribution in [0.2, 0.25) is 0 Å². The van der Waals surface area contributed by atoms with Gasteiger partial charge in [0.2, 0.25) is 0 Å². The van der Waals surface area contributed by atoms with E-state index in [4.69, 9.17) is 9.47 Å². The summed E-state index contributed by atoms with van der Waals surface area (Å²) in [5.74, 6) is 1.28. The molecule has 0 saturated carbocycles. The maximum Gasteiger partial charge on any atom is 0.174 e. The Balaban J connectivity index is 1.76. The van der Waals surface area contributed by atoms with Gasteiger partial charge in [-0.25, -0.2) is 4.99 Å². The van der Waals surface area contributed by atoms with Gasteiger partial charge in [0.05, 0.1) is 11.8 Å². The van der Waals surface area contributed by atoms with Crippen molar-refractivity contribution in [1.82, 2.24) is 0 Å². The molecule has 3 heteroatoms. The summed E-state index contributed by atoms with van der Waals surface area (Å²) in [6, 6.07) is 8.74. The van der Waals surface area contributed by atoms with Gasteiger partial charge in [0.1, 0.15) is 11.9 Å². The summed E-state index contributed by atoms with van der Waals surface area (Å²) in [5, 5.41) is 0. The van der Waals surface area contributed by atoms with Crippen molar-refractivity contribution in [1.29, 1.82) is 0 Å². The number of hydrogen-bond donors (Lipinski definition) is 0. The van der Waals surface area contributed by atoms with Crippen LogP contribution in [0.25, 0.3) is 0 Å². The second-order valence-corrected chi connectivity index (χ2v) is 5.74. The fraction of sp³-hybridized carbons (Fsp3) is 0.278. The molecule has 2 atom stereocenters. The molecule has 0 N–H and O–H groups in total. The second kappa shape index (κ2) is 4.92. The normalized spacial score (nSPS) is 26.4. The molecule has 2 unspecified atom stereocenters. The Morgan fingerprint density at radius 3 is 2.90 bits per heavy atom. The maximum absolute atomic E-state index is 5.83. The predicted octanol–water partition coefficient (Wildman–Crippen LogP) is 3.98. The number of allylic oxidation sites excluding steroid dienone is 2. The van der Waals surface area contributed by atoms with Crippen LogP contribution in [0.15, 0.2) is 64.7 Å². The van der Waals surface area contributed by atoms with Crippen LogP contribution in [0.3, 0.4) is 0 Å². The average Bonchev–Trinajstić information content (AvgIpc) is 2.55. The number of fused-ring (bicyclic) bond motifs is 2.